The van der Waals surface area contributed by atoms with Gasteiger partial charge in [-0.3, -0.25) is 9.59 Å². The van der Waals surface area contributed by atoms with Crippen molar-refractivity contribution in [2.24, 2.45) is 5.92 Å². The van der Waals surface area contributed by atoms with Crippen LogP contribution in [0.25, 0.3) is 0 Å². The number of carbonyl (C=O) groups is 2. The van der Waals surface area contributed by atoms with Crippen LogP contribution < -0.4 is 5.32 Å². The number of nitrogens with one attached hydrogen (secondary N) is 1. The lowest BCUT2D eigenvalue weighted by Crippen LogP contribution is -2.58. The molecule has 1 saturated heterocycles. The van der Waals surface area contributed by atoms with Crippen molar-refractivity contribution in [1.29, 1.82) is 0 Å². The molecule has 5 nitrogen and oxygen atoms in total. The van der Waals surface area contributed by atoms with Crippen molar-refractivity contribution in [1.82, 2.24) is 10.2 Å². The molecule has 1 fully saturated rings. The van der Waals surface area contributed by atoms with Gasteiger partial charge < -0.3 is 15.0 Å². The molecular weight excluding hydrogens is 232 g/mol. The molecule has 1 rings (SSSR count). The molecule has 1 aliphatic heterocycles. The zero-order chi connectivity index (χ0) is 13.5. The smallest absolute Gasteiger partial charge is 0.243 e. The number of hydrogen-bond donors (Lipinski definition) is 1. The predicted octanol–water partition coefficient (Wildman–Crippen LogP) is 0.786. The van der Waals surface area contributed by atoms with Gasteiger partial charge in [-0.15, -0.1) is 0 Å². The molecule has 0 bridgehead atoms. The Hall–Kier alpha value is -1.10. The molecule has 0 aromatic heterocycles. The van der Waals surface area contributed by atoms with E-state index >= 15 is 0 Å². The second-order valence-electron chi connectivity index (χ2n) is 5.05. The number of carbonyl (C=O) groups excluding carboxylic acids is 2. The van der Waals surface area contributed by atoms with Crippen molar-refractivity contribution in [2.75, 3.05) is 26.3 Å². The zero-order valence-electron chi connectivity index (χ0n) is 11.6. The summed E-state index contributed by atoms with van der Waals surface area (Å²) in [6.45, 7) is 8.24. The van der Waals surface area contributed by atoms with Gasteiger partial charge in [0.1, 0.15) is 6.04 Å². The average Bonchev–Trinajstić information content (AvgIpc) is 2.32. The molecule has 2 amide bonds. The Kier molecular flexibility index (Phi) is 6.12. The topological polar surface area (TPSA) is 58.6 Å². The fourth-order valence-corrected chi connectivity index (χ4v) is 2.04. The summed E-state index contributed by atoms with van der Waals surface area (Å²) in [5, 5.41) is 2.62. The van der Waals surface area contributed by atoms with Crippen molar-refractivity contribution >= 4 is 11.8 Å². The van der Waals surface area contributed by atoms with Crippen LogP contribution >= 0.6 is 0 Å². The van der Waals surface area contributed by atoms with E-state index in [0.717, 1.165) is 13.0 Å². The SMILES string of the molecule is CCC1C(=O)NCC(=O)N1CCCOCC(C)C. The lowest BCUT2D eigenvalue weighted by Gasteiger charge is -2.34. The van der Waals surface area contributed by atoms with Gasteiger partial charge in [-0.25, -0.2) is 0 Å². The van der Waals surface area contributed by atoms with E-state index in [-0.39, 0.29) is 24.4 Å². The maximum absolute atomic E-state index is 11.8. The Morgan fingerprint density at radius 1 is 1.44 bits per heavy atom. The molecule has 18 heavy (non-hydrogen) atoms. The van der Waals surface area contributed by atoms with Crippen LogP contribution in [-0.4, -0.2) is 49.1 Å². The fraction of sp³-hybridized carbons (Fsp3) is 0.846. The number of nitrogens with zero attached hydrogens (tertiary/aromatic N) is 1. The highest BCUT2D eigenvalue weighted by Crippen LogP contribution is 2.10. The number of amides is 2. The first-order valence-electron chi connectivity index (χ1n) is 6.71. The second kappa shape index (κ2) is 7.36. The lowest BCUT2D eigenvalue weighted by atomic mass is 10.1. The molecule has 104 valence electrons. The van der Waals surface area contributed by atoms with Crippen LogP contribution in [0.5, 0.6) is 0 Å². The third kappa shape index (κ3) is 4.29. The Morgan fingerprint density at radius 2 is 2.17 bits per heavy atom. The molecule has 0 spiro atoms. The molecule has 0 saturated carbocycles. The summed E-state index contributed by atoms with van der Waals surface area (Å²) in [5.74, 6) is 0.487. The van der Waals surface area contributed by atoms with Gasteiger partial charge in [0.2, 0.25) is 11.8 Å². The zero-order valence-corrected chi connectivity index (χ0v) is 11.6. The van der Waals surface area contributed by atoms with E-state index < -0.39 is 0 Å². The lowest BCUT2D eigenvalue weighted by molar-refractivity contribution is -0.145. The van der Waals surface area contributed by atoms with E-state index in [4.69, 9.17) is 4.74 Å². The van der Waals surface area contributed by atoms with Crippen LogP contribution in [0.3, 0.4) is 0 Å². The summed E-state index contributed by atoms with van der Waals surface area (Å²) in [4.78, 5) is 25.1. The van der Waals surface area contributed by atoms with Gasteiger partial charge in [-0.1, -0.05) is 20.8 Å². The van der Waals surface area contributed by atoms with E-state index in [0.29, 0.717) is 25.5 Å². The Morgan fingerprint density at radius 3 is 2.78 bits per heavy atom. The van der Waals surface area contributed by atoms with E-state index in [1.54, 1.807) is 4.90 Å². The van der Waals surface area contributed by atoms with E-state index in [2.05, 4.69) is 19.2 Å². The summed E-state index contributed by atoms with van der Waals surface area (Å²) >= 11 is 0. The molecule has 5 heteroatoms. The van der Waals surface area contributed by atoms with Gasteiger partial charge in [0.05, 0.1) is 6.54 Å². The number of piperazine rings is 1. The first-order chi connectivity index (χ1) is 8.56. The molecule has 0 aromatic rings. The first kappa shape index (κ1) is 15.0. The molecule has 0 aliphatic carbocycles. The normalized spacial score (nSPS) is 20.4. The molecule has 0 aromatic carbocycles. The van der Waals surface area contributed by atoms with Crippen LogP contribution in [-0.2, 0) is 14.3 Å². The van der Waals surface area contributed by atoms with Gasteiger partial charge >= 0.3 is 0 Å². The van der Waals surface area contributed by atoms with Crippen molar-refractivity contribution in [2.45, 2.75) is 39.7 Å². The highest BCUT2D eigenvalue weighted by atomic mass is 16.5. The van der Waals surface area contributed by atoms with Gasteiger partial charge in [0, 0.05) is 19.8 Å². The molecule has 0 radical (unpaired) electrons. The summed E-state index contributed by atoms with van der Waals surface area (Å²) in [7, 11) is 0. The third-order valence-electron chi connectivity index (χ3n) is 2.94. The average molecular weight is 256 g/mol. The minimum Gasteiger partial charge on any atom is -0.381 e. The minimum atomic E-state index is -0.309. The first-order valence-corrected chi connectivity index (χ1v) is 6.71. The standard InChI is InChI=1S/C13H24N2O3/c1-4-11-13(17)14-8-12(16)15(11)6-5-7-18-9-10(2)3/h10-11H,4-9H2,1-3H3,(H,14,17). The summed E-state index contributed by atoms with van der Waals surface area (Å²) in [6, 6.07) is -0.309. The maximum Gasteiger partial charge on any atom is 0.243 e. The van der Waals surface area contributed by atoms with Crippen molar-refractivity contribution in [3.63, 3.8) is 0 Å². The Labute approximate surface area is 109 Å². The van der Waals surface area contributed by atoms with Crippen molar-refractivity contribution in [3.8, 4) is 0 Å². The van der Waals surface area contributed by atoms with Gasteiger partial charge in [-0.05, 0) is 18.8 Å². The summed E-state index contributed by atoms with van der Waals surface area (Å²) in [6.07, 6.45) is 1.44. The maximum atomic E-state index is 11.8. The third-order valence-corrected chi connectivity index (χ3v) is 2.94. The van der Waals surface area contributed by atoms with E-state index in [1.165, 1.54) is 0 Å². The van der Waals surface area contributed by atoms with Gasteiger partial charge in [0.15, 0.2) is 0 Å². The van der Waals surface area contributed by atoms with Crippen LogP contribution in [0.4, 0.5) is 0 Å². The van der Waals surface area contributed by atoms with Crippen molar-refractivity contribution < 1.29 is 14.3 Å². The molecule has 1 atom stereocenters. The molecule has 1 unspecified atom stereocenters. The van der Waals surface area contributed by atoms with Crippen LogP contribution in [0, 0.1) is 5.92 Å². The monoisotopic (exact) mass is 256 g/mol. The number of hydrogen-bond acceptors (Lipinski definition) is 3. The molecule has 1 N–H and O–H groups in total. The Balaban J connectivity index is 2.33. The fourth-order valence-electron chi connectivity index (χ4n) is 2.04. The minimum absolute atomic E-state index is 0.00492. The van der Waals surface area contributed by atoms with Gasteiger partial charge in [-0.2, -0.15) is 0 Å². The van der Waals surface area contributed by atoms with Crippen LogP contribution in [0.15, 0.2) is 0 Å². The van der Waals surface area contributed by atoms with Crippen molar-refractivity contribution in [3.05, 3.63) is 0 Å². The summed E-state index contributed by atoms with van der Waals surface area (Å²) in [5.41, 5.74) is 0. The summed E-state index contributed by atoms with van der Waals surface area (Å²) < 4.78 is 5.48. The molecule has 1 heterocycles. The quantitative estimate of drug-likeness (QED) is 0.685. The van der Waals surface area contributed by atoms with E-state index in [1.807, 2.05) is 6.92 Å². The predicted molar refractivity (Wildman–Crippen MR) is 69.1 cm³/mol. The Bertz CT molecular complexity index is 292. The van der Waals surface area contributed by atoms with Gasteiger partial charge in [0.25, 0.3) is 0 Å². The molecule has 1 aliphatic rings. The number of ether oxygens (including phenoxy) is 1. The number of rotatable bonds is 7. The highest BCUT2D eigenvalue weighted by Gasteiger charge is 2.32. The second-order valence-corrected chi connectivity index (χ2v) is 5.05. The van der Waals surface area contributed by atoms with E-state index in [9.17, 15) is 9.59 Å². The highest BCUT2D eigenvalue weighted by molar-refractivity contribution is 5.94. The molecular formula is C13H24N2O3. The largest absolute Gasteiger partial charge is 0.381 e. The van der Waals surface area contributed by atoms with Crippen LogP contribution in [0.1, 0.15) is 33.6 Å². The van der Waals surface area contributed by atoms with Crippen LogP contribution in [0.2, 0.25) is 0 Å².